The molecule has 18 heavy (non-hydrogen) atoms. The molecule has 1 nitrogen and oxygen atoms in total. The first-order chi connectivity index (χ1) is 8.57. The quantitative estimate of drug-likeness (QED) is 0.618. The van der Waals surface area contributed by atoms with Crippen LogP contribution in [0.5, 0.6) is 0 Å². The first kappa shape index (κ1) is 16.7. The summed E-state index contributed by atoms with van der Waals surface area (Å²) < 4.78 is 6.66. The molecule has 0 unspecified atom stereocenters. The molecule has 1 aliphatic rings. The molecule has 4 heteroatoms. The van der Waals surface area contributed by atoms with Crippen LogP contribution >= 0.6 is 0 Å². The summed E-state index contributed by atoms with van der Waals surface area (Å²) in [7, 11) is -3.53. The third kappa shape index (κ3) is 2.03. The monoisotopic (exact) mass is 302 g/mol. The van der Waals surface area contributed by atoms with E-state index in [1.54, 1.807) is 0 Å². The van der Waals surface area contributed by atoms with Crippen molar-refractivity contribution >= 4 is 22.5 Å². The van der Waals surface area contributed by atoms with Crippen molar-refractivity contribution in [1.29, 1.82) is 0 Å². The lowest BCUT2D eigenvalue weighted by atomic mass is 10.9. The highest BCUT2D eigenvalue weighted by atomic mass is 29.6. The highest BCUT2D eigenvalue weighted by molar-refractivity contribution is 7.69. The minimum atomic E-state index is -1.39. The molecule has 0 atom stereocenters. The Morgan fingerprint density at radius 3 is 1.56 bits per heavy atom. The van der Waals surface area contributed by atoms with Gasteiger partial charge in [0.25, 0.3) is 0 Å². The molecule has 0 spiro atoms. The lowest BCUT2D eigenvalue weighted by Gasteiger charge is -2.60. The molecule has 0 aromatic rings. The van der Waals surface area contributed by atoms with Crippen LogP contribution in [-0.4, -0.2) is 29.1 Å². The molecule has 1 aliphatic heterocycles. The highest BCUT2D eigenvalue weighted by Gasteiger charge is 2.64. The van der Waals surface area contributed by atoms with Gasteiger partial charge in [0, 0.05) is 14.2 Å². The topological polar surface area (TPSA) is 9.23 Å². The van der Waals surface area contributed by atoms with E-state index in [0.717, 1.165) is 6.61 Å². The smallest absolute Gasteiger partial charge is 0.177 e. The zero-order valence-electron chi connectivity index (χ0n) is 13.6. The molecular weight excluding hydrogens is 268 g/mol. The summed E-state index contributed by atoms with van der Waals surface area (Å²) in [6, 6.07) is 10.4. The highest BCUT2D eigenvalue weighted by Crippen LogP contribution is 2.48. The third-order valence-corrected chi connectivity index (χ3v) is 49.5. The van der Waals surface area contributed by atoms with Crippen molar-refractivity contribution in [2.24, 2.45) is 0 Å². The average Bonchev–Trinajstić information content (AvgIpc) is 2.45. The Morgan fingerprint density at radius 2 is 1.22 bits per heavy atom. The van der Waals surface area contributed by atoms with Crippen molar-refractivity contribution < 1.29 is 4.43 Å². The Balaban J connectivity index is 3.37. The zero-order chi connectivity index (χ0) is 13.9. The molecule has 0 amide bonds. The van der Waals surface area contributed by atoms with Crippen LogP contribution in [0.3, 0.4) is 0 Å². The van der Waals surface area contributed by atoms with Crippen molar-refractivity contribution in [2.45, 2.75) is 83.9 Å². The van der Waals surface area contributed by atoms with Gasteiger partial charge < -0.3 is 4.43 Å². The summed E-state index contributed by atoms with van der Waals surface area (Å²) >= 11 is 0. The van der Waals surface area contributed by atoms with E-state index in [-0.39, 0.29) is 0 Å². The second-order valence-electron chi connectivity index (χ2n) is 6.08. The summed E-state index contributed by atoms with van der Waals surface area (Å²) in [5, 5.41) is 0. The second-order valence-corrected chi connectivity index (χ2v) is 31.0. The zero-order valence-corrected chi connectivity index (χ0v) is 16.6. The molecule has 108 valence electrons. The van der Waals surface area contributed by atoms with E-state index in [0.29, 0.717) is 0 Å². The van der Waals surface area contributed by atoms with Crippen molar-refractivity contribution in [2.75, 3.05) is 6.61 Å². The minimum Gasteiger partial charge on any atom is -0.420 e. The van der Waals surface area contributed by atoms with Gasteiger partial charge >= 0.3 is 0 Å². The molecule has 0 bridgehead atoms. The lowest BCUT2D eigenvalue weighted by molar-refractivity contribution is 0.327. The maximum absolute atomic E-state index is 6.66. The first-order valence-electron chi connectivity index (χ1n) is 8.21. The number of rotatable bonds is 6. The minimum absolute atomic E-state index is 1.01. The van der Waals surface area contributed by atoms with Crippen LogP contribution in [0.2, 0.25) is 42.3 Å². The van der Waals surface area contributed by atoms with Crippen LogP contribution in [0, 0.1) is 0 Å². The Morgan fingerprint density at radius 1 is 0.722 bits per heavy atom. The van der Waals surface area contributed by atoms with Gasteiger partial charge in [-0.3, -0.25) is 0 Å². The largest absolute Gasteiger partial charge is 0.420 e. The Bertz CT molecular complexity index is 234. The molecule has 1 rings (SSSR count). The fourth-order valence-electron chi connectivity index (χ4n) is 5.36. The summed E-state index contributed by atoms with van der Waals surface area (Å²) in [6.07, 6.45) is 0. The van der Waals surface area contributed by atoms with E-state index >= 15 is 0 Å². The van der Waals surface area contributed by atoms with Gasteiger partial charge in [0.15, 0.2) is 7.83 Å². The molecule has 1 heterocycles. The van der Waals surface area contributed by atoms with Crippen LogP contribution in [0.1, 0.15) is 41.5 Å². The van der Waals surface area contributed by atoms with Crippen molar-refractivity contribution in [3.8, 4) is 0 Å². The molecule has 0 aromatic carbocycles. The number of hydrogen-bond donors (Lipinski definition) is 0. The predicted molar refractivity (Wildman–Crippen MR) is 90.9 cm³/mol. The second kappa shape index (κ2) is 6.37. The summed E-state index contributed by atoms with van der Waals surface area (Å²) in [5.41, 5.74) is 0. The molecule has 0 radical (unpaired) electrons. The molecule has 0 aromatic heterocycles. The van der Waals surface area contributed by atoms with Crippen LogP contribution in [0.4, 0.5) is 0 Å². The van der Waals surface area contributed by atoms with E-state index in [1.165, 1.54) is 42.3 Å². The standard InChI is InChI=1S/C14H34OSi3/c1-7-16(8-2)14-13-15-17(9-3,10-4)18(16,11-5)12-6/h7-14H2,1-6H3. The maximum Gasteiger partial charge on any atom is 0.177 e. The van der Waals surface area contributed by atoms with E-state index in [4.69, 9.17) is 4.43 Å². The average molecular weight is 303 g/mol. The SMILES string of the molecule is CC[Si]1(CC)CCO[Si](CC)(CC)[Si]1(CC)CC. The lowest BCUT2D eigenvalue weighted by Crippen LogP contribution is -2.80. The predicted octanol–water partition coefficient (Wildman–Crippen LogP) is 5.14. The molecule has 0 N–H and O–H groups in total. The van der Waals surface area contributed by atoms with Gasteiger partial charge in [0.2, 0.25) is 0 Å². The van der Waals surface area contributed by atoms with E-state index < -0.39 is 22.5 Å². The molecule has 0 saturated carbocycles. The van der Waals surface area contributed by atoms with Crippen molar-refractivity contribution in [3.63, 3.8) is 0 Å². The Labute approximate surface area is 117 Å². The molecule has 1 saturated heterocycles. The van der Waals surface area contributed by atoms with Crippen LogP contribution < -0.4 is 0 Å². The molecular formula is C14H34OSi3. The van der Waals surface area contributed by atoms with Crippen molar-refractivity contribution in [3.05, 3.63) is 0 Å². The van der Waals surface area contributed by atoms with Crippen LogP contribution in [0.15, 0.2) is 0 Å². The van der Waals surface area contributed by atoms with E-state index in [9.17, 15) is 0 Å². The summed E-state index contributed by atoms with van der Waals surface area (Å²) in [4.78, 5) is 0. The van der Waals surface area contributed by atoms with Gasteiger partial charge in [-0.25, -0.2) is 0 Å². The molecule has 0 aliphatic carbocycles. The van der Waals surface area contributed by atoms with Gasteiger partial charge in [-0.15, -0.1) is 0 Å². The van der Waals surface area contributed by atoms with Gasteiger partial charge in [-0.05, 0) is 18.1 Å². The van der Waals surface area contributed by atoms with E-state index in [2.05, 4.69) is 41.5 Å². The van der Waals surface area contributed by atoms with Crippen molar-refractivity contribution in [1.82, 2.24) is 0 Å². The van der Waals surface area contributed by atoms with Gasteiger partial charge in [-0.1, -0.05) is 65.7 Å². The fourth-order valence-corrected chi connectivity index (χ4v) is 55.5. The van der Waals surface area contributed by atoms with Gasteiger partial charge in [0.1, 0.15) is 0 Å². The van der Waals surface area contributed by atoms with Crippen LogP contribution in [0.25, 0.3) is 0 Å². The van der Waals surface area contributed by atoms with Gasteiger partial charge in [-0.2, -0.15) is 0 Å². The van der Waals surface area contributed by atoms with Crippen LogP contribution in [-0.2, 0) is 4.43 Å². The Hall–Kier alpha value is 0.611. The summed E-state index contributed by atoms with van der Waals surface area (Å²) in [6.45, 7) is 16.1. The van der Waals surface area contributed by atoms with Gasteiger partial charge in [0.05, 0.1) is 7.11 Å². The first-order valence-corrected chi connectivity index (χ1v) is 17.6. The van der Waals surface area contributed by atoms with E-state index in [1.807, 2.05) is 0 Å². The maximum atomic E-state index is 6.66. The fraction of sp³-hybridized carbons (Fsp3) is 1.00. The third-order valence-electron chi connectivity index (χ3n) is 6.55. The number of hydrogen-bond acceptors (Lipinski definition) is 1. The summed E-state index contributed by atoms with van der Waals surface area (Å²) in [5.74, 6) is 0. The Kier molecular flexibility index (Phi) is 5.90. The normalized spacial score (nSPS) is 25.0. The molecule has 1 fully saturated rings.